The zero-order chi connectivity index (χ0) is 14.5. The summed E-state index contributed by atoms with van der Waals surface area (Å²) in [5.41, 5.74) is 0. The Balaban J connectivity index is 1.87. The first kappa shape index (κ1) is 14.6. The standard InChI is InChI=1S/C12H17N5O2S/c1-9(2)17-12(13-14-15-17)20-8-11(18)16(3)7-10-5-4-6-19-10/h4-6,9H,7-8H2,1-3H3. The summed E-state index contributed by atoms with van der Waals surface area (Å²) in [6.07, 6.45) is 1.60. The van der Waals surface area contributed by atoms with E-state index < -0.39 is 0 Å². The van der Waals surface area contributed by atoms with Gasteiger partial charge in [0.15, 0.2) is 0 Å². The highest BCUT2D eigenvalue weighted by atomic mass is 32.2. The van der Waals surface area contributed by atoms with Crippen LogP contribution >= 0.6 is 11.8 Å². The van der Waals surface area contributed by atoms with E-state index in [1.807, 2.05) is 19.9 Å². The Morgan fingerprint density at radius 2 is 2.35 bits per heavy atom. The van der Waals surface area contributed by atoms with Gasteiger partial charge in [-0.05, 0) is 36.4 Å². The van der Waals surface area contributed by atoms with E-state index in [2.05, 4.69) is 15.5 Å². The first-order valence-electron chi connectivity index (χ1n) is 6.25. The lowest BCUT2D eigenvalue weighted by molar-refractivity contribution is -0.127. The molecule has 0 N–H and O–H groups in total. The summed E-state index contributed by atoms with van der Waals surface area (Å²) in [5, 5.41) is 12.1. The molecule has 0 radical (unpaired) electrons. The van der Waals surface area contributed by atoms with Gasteiger partial charge < -0.3 is 9.32 Å². The molecule has 108 valence electrons. The minimum atomic E-state index is 0.00436. The molecule has 0 spiro atoms. The summed E-state index contributed by atoms with van der Waals surface area (Å²) in [7, 11) is 1.75. The number of carbonyl (C=O) groups excluding carboxylic acids is 1. The normalized spacial score (nSPS) is 11.0. The van der Waals surface area contributed by atoms with Gasteiger partial charge >= 0.3 is 0 Å². The van der Waals surface area contributed by atoms with Crippen molar-refractivity contribution in [2.24, 2.45) is 0 Å². The van der Waals surface area contributed by atoms with Crippen LogP contribution in [0.4, 0.5) is 0 Å². The van der Waals surface area contributed by atoms with E-state index in [0.717, 1.165) is 5.76 Å². The van der Waals surface area contributed by atoms with Gasteiger partial charge in [0, 0.05) is 7.05 Å². The maximum atomic E-state index is 12.0. The molecule has 8 heteroatoms. The maximum Gasteiger partial charge on any atom is 0.233 e. The van der Waals surface area contributed by atoms with E-state index >= 15 is 0 Å². The molecule has 0 bridgehead atoms. The fourth-order valence-electron chi connectivity index (χ4n) is 1.57. The summed E-state index contributed by atoms with van der Waals surface area (Å²) < 4.78 is 6.92. The molecule has 0 atom stereocenters. The molecule has 2 rings (SSSR count). The van der Waals surface area contributed by atoms with Crippen LogP contribution in [0.2, 0.25) is 0 Å². The Labute approximate surface area is 121 Å². The van der Waals surface area contributed by atoms with Crippen LogP contribution in [-0.4, -0.2) is 43.8 Å². The SMILES string of the molecule is CC(C)n1nnnc1SCC(=O)N(C)Cc1ccco1. The van der Waals surface area contributed by atoms with Gasteiger partial charge in [-0.25, -0.2) is 4.68 Å². The summed E-state index contributed by atoms with van der Waals surface area (Å²) in [6, 6.07) is 3.82. The Kier molecular flexibility index (Phi) is 4.78. The van der Waals surface area contributed by atoms with Gasteiger partial charge in [0.1, 0.15) is 5.76 Å². The highest BCUT2D eigenvalue weighted by Gasteiger charge is 2.15. The molecule has 0 aliphatic carbocycles. The van der Waals surface area contributed by atoms with Crippen LogP contribution < -0.4 is 0 Å². The van der Waals surface area contributed by atoms with Gasteiger partial charge in [-0.15, -0.1) is 5.10 Å². The van der Waals surface area contributed by atoms with Crippen molar-refractivity contribution in [3.63, 3.8) is 0 Å². The Hall–Kier alpha value is -1.83. The van der Waals surface area contributed by atoms with Crippen LogP contribution in [0.5, 0.6) is 0 Å². The van der Waals surface area contributed by atoms with Gasteiger partial charge in [0.2, 0.25) is 11.1 Å². The Morgan fingerprint density at radius 1 is 1.55 bits per heavy atom. The molecule has 7 nitrogen and oxygen atoms in total. The number of hydrogen-bond acceptors (Lipinski definition) is 6. The summed E-state index contributed by atoms with van der Waals surface area (Å²) in [5.74, 6) is 1.06. The monoisotopic (exact) mass is 295 g/mol. The second-order valence-corrected chi connectivity index (χ2v) is 5.56. The van der Waals surface area contributed by atoms with Crippen molar-refractivity contribution in [3.05, 3.63) is 24.2 Å². The second kappa shape index (κ2) is 6.56. The molecular weight excluding hydrogens is 278 g/mol. The minimum Gasteiger partial charge on any atom is -0.467 e. The lowest BCUT2D eigenvalue weighted by atomic mass is 10.4. The number of aromatic nitrogens is 4. The average molecular weight is 295 g/mol. The lowest BCUT2D eigenvalue weighted by Crippen LogP contribution is -2.27. The molecule has 0 aliphatic rings. The topological polar surface area (TPSA) is 77.1 Å². The van der Waals surface area contributed by atoms with Crippen LogP contribution in [-0.2, 0) is 11.3 Å². The molecular formula is C12H17N5O2S. The summed E-state index contributed by atoms with van der Waals surface area (Å²) in [6.45, 7) is 4.44. The van der Waals surface area contributed by atoms with Crippen LogP contribution in [0.15, 0.2) is 28.0 Å². The molecule has 0 saturated carbocycles. The van der Waals surface area contributed by atoms with Gasteiger partial charge in [-0.3, -0.25) is 4.79 Å². The third-order valence-electron chi connectivity index (χ3n) is 2.68. The summed E-state index contributed by atoms with van der Waals surface area (Å²) >= 11 is 1.34. The molecule has 0 unspecified atom stereocenters. The van der Waals surface area contributed by atoms with E-state index in [-0.39, 0.29) is 11.9 Å². The number of rotatable bonds is 6. The number of hydrogen-bond donors (Lipinski definition) is 0. The van der Waals surface area contributed by atoms with Crippen molar-refractivity contribution in [1.29, 1.82) is 0 Å². The Bertz CT molecular complexity index is 552. The third kappa shape index (κ3) is 3.60. The molecule has 0 aliphatic heterocycles. The fraction of sp³-hybridized carbons (Fsp3) is 0.500. The largest absolute Gasteiger partial charge is 0.467 e. The summed E-state index contributed by atoms with van der Waals surface area (Å²) in [4.78, 5) is 13.7. The average Bonchev–Trinajstić information content (AvgIpc) is 3.06. The number of amides is 1. The number of carbonyl (C=O) groups is 1. The highest BCUT2D eigenvalue weighted by molar-refractivity contribution is 7.99. The molecule has 0 fully saturated rings. The van der Waals surface area contributed by atoms with Crippen molar-refractivity contribution in [2.75, 3.05) is 12.8 Å². The van der Waals surface area contributed by atoms with E-state index in [1.54, 1.807) is 29.0 Å². The number of thioether (sulfide) groups is 1. The molecule has 0 saturated heterocycles. The minimum absolute atomic E-state index is 0.00436. The predicted octanol–water partition coefficient (Wildman–Crippen LogP) is 1.60. The van der Waals surface area contributed by atoms with E-state index in [9.17, 15) is 4.79 Å². The Morgan fingerprint density at radius 3 is 3.00 bits per heavy atom. The maximum absolute atomic E-state index is 12.0. The first-order valence-corrected chi connectivity index (χ1v) is 7.23. The third-order valence-corrected chi connectivity index (χ3v) is 3.59. The predicted molar refractivity (Wildman–Crippen MR) is 74.1 cm³/mol. The van der Waals surface area contributed by atoms with Crippen molar-refractivity contribution in [3.8, 4) is 0 Å². The van der Waals surface area contributed by atoms with Crippen molar-refractivity contribution in [1.82, 2.24) is 25.1 Å². The van der Waals surface area contributed by atoms with Gasteiger partial charge in [-0.1, -0.05) is 11.8 Å². The second-order valence-electron chi connectivity index (χ2n) is 4.62. The van der Waals surface area contributed by atoms with Crippen molar-refractivity contribution >= 4 is 17.7 Å². The van der Waals surface area contributed by atoms with Crippen molar-refractivity contribution < 1.29 is 9.21 Å². The van der Waals surface area contributed by atoms with Gasteiger partial charge in [0.25, 0.3) is 0 Å². The molecule has 20 heavy (non-hydrogen) atoms. The molecule has 1 amide bonds. The van der Waals surface area contributed by atoms with Crippen LogP contribution in [0, 0.1) is 0 Å². The molecule has 2 heterocycles. The fourth-order valence-corrected chi connectivity index (χ4v) is 2.51. The van der Waals surface area contributed by atoms with E-state index in [0.29, 0.717) is 17.5 Å². The first-order chi connectivity index (χ1) is 9.58. The zero-order valence-corrected chi connectivity index (χ0v) is 12.5. The highest BCUT2D eigenvalue weighted by Crippen LogP contribution is 2.18. The van der Waals surface area contributed by atoms with Crippen LogP contribution in [0.1, 0.15) is 25.6 Å². The van der Waals surface area contributed by atoms with E-state index in [4.69, 9.17) is 4.42 Å². The smallest absolute Gasteiger partial charge is 0.233 e. The van der Waals surface area contributed by atoms with Gasteiger partial charge in [0.05, 0.1) is 24.6 Å². The number of nitrogens with zero attached hydrogens (tertiary/aromatic N) is 5. The van der Waals surface area contributed by atoms with E-state index in [1.165, 1.54) is 11.8 Å². The van der Waals surface area contributed by atoms with Crippen molar-refractivity contribution in [2.45, 2.75) is 31.6 Å². The van der Waals surface area contributed by atoms with Crippen LogP contribution in [0.25, 0.3) is 0 Å². The number of tetrazole rings is 1. The molecule has 0 aromatic carbocycles. The van der Waals surface area contributed by atoms with Crippen LogP contribution in [0.3, 0.4) is 0 Å². The zero-order valence-electron chi connectivity index (χ0n) is 11.7. The number of furan rings is 1. The lowest BCUT2D eigenvalue weighted by Gasteiger charge is -2.15. The molecule has 2 aromatic heterocycles. The quantitative estimate of drug-likeness (QED) is 0.753. The van der Waals surface area contributed by atoms with Gasteiger partial charge in [-0.2, -0.15) is 0 Å². The molecule has 2 aromatic rings.